The Balaban J connectivity index is 1.84. The Labute approximate surface area is 126 Å². The number of hydrogen-bond acceptors (Lipinski definition) is 3. The van der Waals surface area contributed by atoms with Crippen molar-refractivity contribution < 1.29 is 13.2 Å². The van der Waals surface area contributed by atoms with Crippen molar-refractivity contribution in [1.82, 2.24) is 9.62 Å². The van der Waals surface area contributed by atoms with E-state index in [0.29, 0.717) is 25.6 Å². The fourth-order valence-corrected chi connectivity index (χ4v) is 4.11. The van der Waals surface area contributed by atoms with Crippen LogP contribution in [0.3, 0.4) is 0 Å². The van der Waals surface area contributed by atoms with E-state index in [1.165, 1.54) is 15.4 Å². The molecular formula is C15H22N2O3S. The minimum atomic E-state index is -3.50. The molecular weight excluding hydrogens is 288 g/mol. The van der Waals surface area contributed by atoms with E-state index in [9.17, 15) is 13.2 Å². The maximum absolute atomic E-state index is 12.0. The van der Waals surface area contributed by atoms with E-state index in [1.807, 2.05) is 12.1 Å². The fourth-order valence-electron chi connectivity index (χ4n) is 2.71. The molecule has 0 saturated heterocycles. The normalized spacial score (nSPS) is 17.2. The second kappa shape index (κ2) is 6.58. The van der Waals surface area contributed by atoms with Gasteiger partial charge in [0.25, 0.3) is 0 Å². The molecule has 5 nitrogen and oxygen atoms in total. The fraction of sp³-hybridized carbons (Fsp3) is 0.533. The first-order valence-electron chi connectivity index (χ1n) is 7.30. The molecule has 1 aliphatic carbocycles. The Morgan fingerprint density at radius 3 is 2.57 bits per heavy atom. The number of carbonyl (C=O) groups is 1. The number of rotatable bonds is 7. The minimum Gasteiger partial charge on any atom is -0.355 e. The summed E-state index contributed by atoms with van der Waals surface area (Å²) >= 11 is 0. The summed E-state index contributed by atoms with van der Waals surface area (Å²) in [7, 11) is -3.50. The van der Waals surface area contributed by atoms with E-state index in [-0.39, 0.29) is 0 Å². The quantitative estimate of drug-likeness (QED) is 0.820. The average Bonchev–Trinajstić information content (AvgIpc) is 2.40. The van der Waals surface area contributed by atoms with Gasteiger partial charge in [-0.25, -0.2) is 12.7 Å². The first-order valence-corrected chi connectivity index (χ1v) is 8.91. The summed E-state index contributed by atoms with van der Waals surface area (Å²) in [5.74, 6) is -0.587. The molecule has 1 aliphatic rings. The maximum Gasteiger partial charge on any atom is 0.236 e. The number of carbonyl (C=O) groups excluding carboxylic acids is 1. The lowest BCUT2D eigenvalue weighted by Crippen LogP contribution is -2.41. The van der Waals surface area contributed by atoms with Crippen LogP contribution in [0.4, 0.5) is 0 Å². The Morgan fingerprint density at radius 2 is 1.95 bits per heavy atom. The largest absolute Gasteiger partial charge is 0.355 e. The lowest BCUT2D eigenvalue weighted by atomic mass is 9.77. The number of fused-ring (bicyclic) bond motifs is 1. The second-order valence-electron chi connectivity index (χ2n) is 5.24. The molecule has 0 heterocycles. The third-order valence-corrected chi connectivity index (χ3v) is 5.85. The smallest absolute Gasteiger partial charge is 0.236 e. The molecule has 2 rings (SSSR count). The van der Waals surface area contributed by atoms with Gasteiger partial charge in [-0.2, -0.15) is 0 Å². The summed E-state index contributed by atoms with van der Waals surface area (Å²) in [5.41, 5.74) is 2.57. The zero-order valence-corrected chi connectivity index (χ0v) is 13.3. The summed E-state index contributed by atoms with van der Waals surface area (Å²) in [6, 6.07) is 8.13. The number of amides is 1. The van der Waals surface area contributed by atoms with E-state index in [2.05, 4.69) is 17.4 Å². The Hall–Kier alpha value is -1.40. The van der Waals surface area contributed by atoms with Gasteiger partial charge in [-0.05, 0) is 17.5 Å². The first-order chi connectivity index (χ1) is 9.97. The van der Waals surface area contributed by atoms with Gasteiger partial charge >= 0.3 is 0 Å². The van der Waals surface area contributed by atoms with Gasteiger partial charge in [-0.3, -0.25) is 4.79 Å². The molecule has 0 spiro atoms. The van der Waals surface area contributed by atoms with Crippen molar-refractivity contribution in [2.45, 2.75) is 26.2 Å². The topological polar surface area (TPSA) is 66.5 Å². The van der Waals surface area contributed by atoms with Gasteiger partial charge in [0.05, 0.1) is 0 Å². The van der Waals surface area contributed by atoms with Crippen LogP contribution in [0.1, 0.15) is 30.9 Å². The summed E-state index contributed by atoms with van der Waals surface area (Å²) in [4.78, 5) is 11.8. The molecule has 0 fully saturated rings. The molecule has 1 N–H and O–H groups in total. The van der Waals surface area contributed by atoms with Crippen molar-refractivity contribution in [2.75, 3.05) is 25.4 Å². The van der Waals surface area contributed by atoms with E-state index >= 15 is 0 Å². The number of nitrogens with zero attached hydrogens (tertiary/aromatic N) is 1. The molecule has 0 saturated carbocycles. The molecule has 1 unspecified atom stereocenters. The Morgan fingerprint density at radius 1 is 1.29 bits per heavy atom. The zero-order valence-electron chi connectivity index (χ0n) is 12.5. The first kappa shape index (κ1) is 16.0. The van der Waals surface area contributed by atoms with Gasteiger partial charge in [0.15, 0.2) is 0 Å². The highest BCUT2D eigenvalue weighted by atomic mass is 32.2. The molecule has 6 heteroatoms. The van der Waals surface area contributed by atoms with Crippen molar-refractivity contribution in [3.63, 3.8) is 0 Å². The van der Waals surface area contributed by atoms with Gasteiger partial charge in [-0.15, -0.1) is 0 Å². The lowest BCUT2D eigenvalue weighted by Gasteiger charge is -2.30. The van der Waals surface area contributed by atoms with Crippen molar-refractivity contribution >= 4 is 15.9 Å². The molecule has 1 aromatic carbocycles. The van der Waals surface area contributed by atoms with Crippen LogP contribution in [0.15, 0.2) is 24.3 Å². The number of nitrogens with one attached hydrogen (secondary N) is 1. The molecule has 1 atom stereocenters. The SMILES string of the molecule is CCN(CC)S(=O)(=O)CC(=O)NCC1Cc2ccccc21. The molecule has 0 radical (unpaired) electrons. The van der Waals surface area contributed by atoms with Gasteiger partial charge < -0.3 is 5.32 Å². The van der Waals surface area contributed by atoms with Crippen molar-refractivity contribution in [3.8, 4) is 0 Å². The molecule has 1 aromatic rings. The summed E-state index contributed by atoms with van der Waals surface area (Å²) in [6.45, 7) is 4.82. The molecule has 0 aromatic heterocycles. The molecule has 116 valence electrons. The van der Waals surface area contributed by atoms with E-state index in [0.717, 1.165) is 6.42 Å². The monoisotopic (exact) mass is 310 g/mol. The maximum atomic E-state index is 12.0. The van der Waals surface area contributed by atoms with Crippen molar-refractivity contribution in [3.05, 3.63) is 35.4 Å². The highest BCUT2D eigenvalue weighted by Crippen LogP contribution is 2.33. The van der Waals surface area contributed by atoms with Gasteiger partial charge in [0.2, 0.25) is 15.9 Å². The van der Waals surface area contributed by atoms with Crippen LogP contribution in [0, 0.1) is 0 Å². The Kier molecular flexibility index (Phi) is 5.00. The minimum absolute atomic E-state index is 0.307. The molecule has 1 amide bonds. The van der Waals surface area contributed by atoms with Crippen molar-refractivity contribution in [2.24, 2.45) is 0 Å². The van der Waals surface area contributed by atoms with Crippen LogP contribution in [0.2, 0.25) is 0 Å². The van der Waals surface area contributed by atoms with Gasteiger partial charge in [0.1, 0.15) is 5.75 Å². The van der Waals surface area contributed by atoms with Gasteiger partial charge in [0, 0.05) is 25.6 Å². The third-order valence-electron chi connectivity index (χ3n) is 3.92. The summed E-state index contributed by atoms with van der Waals surface area (Å²) < 4.78 is 25.3. The number of benzene rings is 1. The van der Waals surface area contributed by atoms with Crippen LogP contribution in [0.25, 0.3) is 0 Å². The standard InChI is InChI=1S/C15H22N2O3S/c1-3-17(4-2)21(19,20)11-15(18)16-10-13-9-12-7-5-6-8-14(12)13/h5-8,13H,3-4,9-11H2,1-2H3,(H,16,18). The molecule has 0 aliphatic heterocycles. The van der Waals surface area contributed by atoms with Gasteiger partial charge in [-0.1, -0.05) is 38.1 Å². The average molecular weight is 310 g/mol. The zero-order chi connectivity index (χ0) is 15.5. The van der Waals surface area contributed by atoms with Crippen molar-refractivity contribution in [1.29, 1.82) is 0 Å². The molecule has 0 bridgehead atoms. The Bertz CT molecular complexity index is 609. The molecule has 21 heavy (non-hydrogen) atoms. The van der Waals surface area contributed by atoms with Crippen LogP contribution >= 0.6 is 0 Å². The highest BCUT2D eigenvalue weighted by molar-refractivity contribution is 7.89. The second-order valence-corrected chi connectivity index (χ2v) is 7.21. The van der Waals surface area contributed by atoms with E-state index < -0.39 is 21.7 Å². The third kappa shape index (κ3) is 3.63. The summed E-state index contributed by atoms with van der Waals surface area (Å²) in [5, 5.41) is 2.74. The number of hydrogen-bond donors (Lipinski definition) is 1. The lowest BCUT2D eigenvalue weighted by molar-refractivity contribution is -0.118. The van der Waals surface area contributed by atoms with E-state index in [4.69, 9.17) is 0 Å². The van der Waals surface area contributed by atoms with Crippen LogP contribution < -0.4 is 5.32 Å². The number of sulfonamides is 1. The van der Waals surface area contributed by atoms with Crippen LogP contribution in [-0.4, -0.2) is 44.0 Å². The predicted molar refractivity (Wildman–Crippen MR) is 82.6 cm³/mol. The van der Waals surface area contributed by atoms with Crippen LogP contribution in [0.5, 0.6) is 0 Å². The predicted octanol–water partition coefficient (Wildman–Crippen LogP) is 1.11. The van der Waals surface area contributed by atoms with Crippen LogP contribution in [-0.2, 0) is 21.2 Å². The highest BCUT2D eigenvalue weighted by Gasteiger charge is 2.27. The van der Waals surface area contributed by atoms with E-state index in [1.54, 1.807) is 13.8 Å². The summed E-state index contributed by atoms with van der Waals surface area (Å²) in [6.07, 6.45) is 0.944.